The monoisotopic (exact) mass is 409 g/mol. The van der Waals surface area contributed by atoms with Gasteiger partial charge in [0.25, 0.3) is 5.91 Å². The largest absolute Gasteiger partial charge is 0.459 e. The fourth-order valence-electron chi connectivity index (χ4n) is 3.81. The highest BCUT2D eigenvalue weighted by molar-refractivity contribution is 7.16. The summed E-state index contributed by atoms with van der Waals surface area (Å²) in [5, 5.41) is 4.03. The van der Waals surface area contributed by atoms with Crippen molar-refractivity contribution in [2.24, 2.45) is 0 Å². The number of amides is 1. The molecule has 4 rings (SSSR count). The van der Waals surface area contributed by atoms with E-state index in [4.69, 9.17) is 4.42 Å². The molecule has 1 amide bonds. The fraction of sp³-hybridized carbons (Fsp3) is 0.348. The molecule has 1 aliphatic rings. The number of rotatable bonds is 6. The van der Waals surface area contributed by atoms with Crippen LogP contribution in [-0.2, 0) is 6.42 Å². The van der Waals surface area contributed by atoms with Gasteiger partial charge in [0.1, 0.15) is 5.00 Å². The molecule has 2 aromatic heterocycles. The Balaban J connectivity index is 1.71. The van der Waals surface area contributed by atoms with Crippen molar-refractivity contribution in [3.05, 3.63) is 76.6 Å². The number of furan rings is 1. The van der Waals surface area contributed by atoms with Crippen LogP contribution in [0.5, 0.6) is 0 Å². The van der Waals surface area contributed by atoms with Crippen LogP contribution < -0.4 is 5.32 Å². The zero-order valence-corrected chi connectivity index (χ0v) is 17.7. The minimum Gasteiger partial charge on any atom is -0.459 e. The van der Waals surface area contributed by atoms with Gasteiger partial charge in [-0.2, -0.15) is 0 Å². The quantitative estimate of drug-likeness (QED) is 0.652. The molecule has 0 radical (unpaired) electrons. The Morgan fingerprint density at radius 1 is 1.14 bits per heavy atom. The van der Waals surface area contributed by atoms with Crippen LogP contribution in [0.1, 0.15) is 39.5 Å². The van der Waals surface area contributed by atoms with Gasteiger partial charge in [-0.15, -0.1) is 11.3 Å². The van der Waals surface area contributed by atoms with Crippen LogP contribution in [0.15, 0.2) is 59.2 Å². The summed E-state index contributed by atoms with van der Waals surface area (Å²) in [6.45, 7) is 6.24. The summed E-state index contributed by atoms with van der Waals surface area (Å²) < 4.78 is 5.29. The first kappa shape index (κ1) is 19.9. The SMILES string of the molecule is CCc1cc([C@@H](c2ccccc2)N2CCN(C)CC2)c(NC(=O)c2ccco2)s1. The molecule has 0 aliphatic carbocycles. The number of likely N-dealkylation sites (N-methyl/N-ethyl adjacent to an activating group) is 1. The first-order chi connectivity index (χ1) is 14.2. The van der Waals surface area contributed by atoms with E-state index in [9.17, 15) is 4.79 Å². The van der Waals surface area contributed by atoms with Crippen molar-refractivity contribution in [1.29, 1.82) is 0 Å². The molecule has 6 heteroatoms. The summed E-state index contributed by atoms with van der Waals surface area (Å²) in [7, 11) is 2.17. The Morgan fingerprint density at radius 3 is 2.55 bits per heavy atom. The van der Waals surface area contributed by atoms with Gasteiger partial charge in [0.2, 0.25) is 0 Å². The molecule has 5 nitrogen and oxygen atoms in total. The minimum atomic E-state index is -0.203. The fourth-order valence-corrected chi connectivity index (χ4v) is 4.83. The highest BCUT2D eigenvalue weighted by Gasteiger charge is 2.29. The summed E-state index contributed by atoms with van der Waals surface area (Å²) in [5.41, 5.74) is 2.42. The third-order valence-electron chi connectivity index (χ3n) is 5.45. The third-order valence-corrected chi connectivity index (χ3v) is 6.66. The molecule has 152 valence electrons. The van der Waals surface area contributed by atoms with Gasteiger partial charge in [-0.25, -0.2) is 0 Å². The molecule has 1 aromatic carbocycles. The molecule has 1 fully saturated rings. The van der Waals surface area contributed by atoms with Gasteiger partial charge in [0.05, 0.1) is 12.3 Å². The van der Waals surface area contributed by atoms with E-state index in [0.29, 0.717) is 5.76 Å². The highest BCUT2D eigenvalue weighted by Crippen LogP contribution is 2.39. The van der Waals surface area contributed by atoms with Crippen LogP contribution in [0.4, 0.5) is 5.00 Å². The van der Waals surface area contributed by atoms with Crippen LogP contribution in [0.2, 0.25) is 0 Å². The molecule has 0 unspecified atom stereocenters. The van der Waals surface area contributed by atoms with E-state index in [2.05, 4.69) is 65.5 Å². The van der Waals surface area contributed by atoms with Gasteiger partial charge >= 0.3 is 0 Å². The lowest BCUT2D eigenvalue weighted by Crippen LogP contribution is -2.46. The van der Waals surface area contributed by atoms with E-state index >= 15 is 0 Å². The van der Waals surface area contributed by atoms with Crippen molar-refractivity contribution < 1.29 is 9.21 Å². The maximum atomic E-state index is 12.7. The van der Waals surface area contributed by atoms with Crippen molar-refractivity contribution in [1.82, 2.24) is 9.80 Å². The molecular weight excluding hydrogens is 382 g/mol. The number of nitrogens with zero attached hydrogens (tertiary/aromatic N) is 2. The second-order valence-corrected chi connectivity index (χ2v) is 8.57. The number of thiophene rings is 1. The highest BCUT2D eigenvalue weighted by atomic mass is 32.1. The molecule has 1 aliphatic heterocycles. The lowest BCUT2D eigenvalue weighted by molar-refractivity contribution is 0.0996. The number of anilines is 1. The topological polar surface area (TPSA) is 48.7 Å². The van der Waals surface area contributed by atoms with E-state index in [1.165, 1.54) is 22.3 Å². The van der Waals surface area contributed by atoms with E-state index in [0.717, 1.165) is 37.6 Å². The molecule has 1 N–H and O–H groups in total. The summed E-state index contributed by atoms with van der Waals surface area (Å²) in [5.74, 6) is 0.129. The average Bonchev–Trinajstić information content (AvgIpc) is 3.41. The number of aryl methyl sites for hydroxylation is 1. The summed E-state index contributed by atoms with van der Waals surface area (Å²) in [4.78, 5) is 18.8. The Bertz CT molecular complexity index is 928. The third kappa shape index (κ3) is 4.45. The van der Waals surface area contributed by atoms with Gasteiger partial charge in [-0.05, 0) is 37.2 Å². The van der Waals surface area contributed by atoms with E-state index in [1.54, 1.807) is 23.5 Å². The van der Waals surface area contributed by atoms with Crippen molar-refractivity contribution in [3.8, 4) is 0 Å². The molecule has 1 saturated heterocycles. The average molecular weight is 410 g/mol. The first-order valence-corrected chi connectivity index (χ1v) is 10.9. The van der Waals surface area contributed by atoms with Gasteiger partial charge in [0, 0.05) is 36.6 Å². The Labute approximate surface area is 175 Å². The van der Waals surface area contributed by atoms with Crippen LogP contribution in [0.3, 0.4) is 0 Å². The first-order valence-electron chi connectivity index (χ1n) is 10.1. The number of hydrogen-bond donors (Lipinski definition) is 1. The van der Waals surface area contributed by atoms with Crippen molar-refractivity contribution in [2.45, 2.75) is 19.4 Å². The van der Waals surface area contributed by atoms with Gasteiger partial charge in [-0.3, -0.25) is 9.69 Å². The molecule has 3 heterocycles. The smallest absolute Gasteiger partial charge is 0.291 e. The minimum absolute atomic E-state index is 0.119. The number of benzene rings is 1. The molecule has 0 saturated carbocycles. The Kier molecular flexibility index (Phi) is 6.13. The van der Waals surface area contributed by atoms with Crippen molar-refractivity contribution >= 4 is 22.2 Å². The summed E-state index contributed by atoms with van der Waals surface area (Å²) in [6, 6.07) is 16.4. The van der Waals surface area contributed by atoms with Crippen LogP contribution >= 0.6 is 11.3 Å². The van der Waals surface area contributed by atoms with Gasteiger partial charge in [-0.1, -0.05) is 37.3 Å². The second kappa shape index (κ2) is 8.95. The van der Waals surface area contributed by atoms with Gasteiger partial charge in [0.15, 0.2) is 5.76 Å². The van der Waals surface area contributed by atoms with Crippen LogP contribution in [0, 0.1) is 0 Å². The Hall–Kier alpha value is -2.41. The zero-order valence-electron chi connectivity index (χ0n) is 16.9. The normalized spacial score (nSPS) is 16.6. The van der Waals surface area contributed by atoms with Gasteiger partial charge < -0.3 is 14.6 Å². The lowest BCUT2D eigenvalue weighted by atomic mass is 9.97. The van der Waals surface area contributed by atoms with E-state index < -0.39 is 0 Å². The molecular formula is C23H27N3O2S. The molecule has 29 heavy (non-hydrogen) atoms. The van der Waals surface area contributed by atoms with Crippen LogP contribution in [-0.4, -0.2) is 48.9 Å². The lowest BCUT2D eigenvalue weighted by Gasteiger charge is -2.38. The van der Waals surface area contributed by atoms with Crippen molar-refractivity contribution in [3.63, 3.8) is 0 Å². The maximum absolute atomic E-state index is 12.7. The molecule has 1 atom stereocenters. The number of piperazine rings is 1. The molecule has 3 aromatic rings. The molecule has 0 spiro atoms. The zero-order chi connectivity index (χ0) is 20.2. The summed E-state index contributed by atoms with van der Waals surface area (Å²) >= 11 is 1.66. The van der Waals surface area contributed by atoms with Crippen LogP contribution in [0.25, 0.3) is 0 Å². The number of nitrogens with one attached hydrogen (secondary N) is 1. The maximum Gasteiger partial charge on any atom is 0.291 e. The number of hydrogen-bond acceptors (Lipinski definition) is 5. The summed E-state index contributed by atoms with van der Waals surface area (Å²) in [6.07, 6.45) is 2.47. The van der Waals surface area contributed by atoms with E-state index in [-0.39, 0.29) is 11.9 Å². The predicted octanol–water partition coefficient (Wildman–Crippen LogP) is 4.49. The second-order valence-electron chi connectivity index (χ2n) is 7.43. The number of carbonyl (C=O) groups is 1. The van der Waals surface area contributed by atoms with Crippen molar-refractivity contribution in [2.75, 3.05) is 38.5 Å². The Morgan fingerprint density at radius 2 is 1.90 bits per heavy atom. The number of carbonyl (C=O) groups excluding carboxylic acids is 1. The van der Waals surface area contributed by atoms with E-state index in [1.807, 2.05) is 0 Å². The molecule has 0 bridgehead atoms. The predicted molar refractivity (Wildman–Crippen MR) is 118 cm³/mol. The standard InChI is InChI=1S/C23H27N3O2S/c1-3-18-16-19(23(29-18)24-22(27)20-10-7-15-28-20)21(17-8-5-4-6-9-17)26-13-11-25(2)12-14-26/h4-10,15-16,21H,3,11-14H2,1-2H3,(H,24,27)/t21-/m1/s1.